The van der Waals surface area contributed by atoms with Crippen molar-refractivity contribution in [3.8, 4) is 11.5 Å². The molecule has 0 bridgehead atoms. The molecule has 0 aliphatic rings. The van der Waals surface area contributed by atoms with Crippen molar-refractivity contribution in [3.05, 3.63) is 60.2 Å². The van der Waals surface area contributed by atoms with Gasteiger partial charge in [-0.25, -0.2) is 9.37 Å². The number of aromatic nitrogens is 4. The highest BCUT2D eigenvalue weighted by Gasteiger charge is 2.22. The maximum absolute atomic E-state index is 13.0. The van der Waals surface area contributed by atoms with Crippen LogP contribution in [0.15, 0.2) is 58.2 Å². The number of benzene rings is 2. The van der Waals surface area contributed by atoms with Gasteiger partial charge in [0.1, 0.15) is 11.6 Å². The first-order valence-electron chi connectivity index (χ1n) is 9.46. The molecule has 1 atom stereocenters. The molecular weight excluding hydrogens is 405 g/mol. The Hall–Kier alpha value is -3.20. The number of thioether (sulfide) groups is 1. The standard InChI is InChI=1S/C21H20FN5O2S/c1-12(2)18(19-23-15-5-3-4-6-16(15)24-19)25-17(28)11-30-21-27-26-20(29-21)13-7-9-14(22)10-8-13/h3-10,12,18H,11H2,1-2H3,(H,23,24)(H,25,28). The van der Waals surface area contributed by atoms with Gasteiger partial charge in [-0.2, -0.15) is 0 Å². The maximum Gasteiger partial charge on any atom is 0.277 e. The molecule has 0 aliphatic heterocycles. The molecule has 0 aliphatic carbocycles. The first kappa shape index (κ1) is 20.1. The Labute approximate surface area is 176 Å². The van der Waals surface area contributed by atoms with Gasteiger partial charge in [-0.1, -0.05) is 37.7 Å². The number of hydrogen-bond donors (Lipinski definition) is 2. The first-order valence-corrected chi connectivity index (χ1v) is 10.4. The molecule has 0 fully saturated rings. The van der Waals surface area contributed by atoms with Gasteiger partial charge in [0.2, 0.25) is 11.8 Å². The van der Waals surface area contributed by atoms with Gasteiger partial charge in [0, 0.05) is 5.56 Å². The van der Waals surface area contributed by atoms with Gasteiger partial charge in [-0.3, -0.25) is 4.79 Å². The topological polar surface area (TPSA) is 96.7 Å². The highest BCUT2D eigenvalue weighted by atomic mass is 32.2. The second-order valence-corrected chi connectivity index (χ2v) is 8.02. The SMILES string of the molecule is CC(C)C(NC(=O)CSc1nnc(-c2ccc(F)cc2)o1)c1nc2ccccc2[nH]1. The van der Waals surface area contributed by atoms with Gasteiger partial charge in [0.25, 0.3) is 5.22 Å². The number of imidazole rings is 1. The number of aromatic amines is 1. The summed E-state index contributed by atoms with van der Waals surface area (Å²) in [5.41, 5.74) is 2.41. The highest BCUT2D eigenvalue weighted by molar-refractivity contribution is 7.99. The monoisotopic (exact) mass is 425 g/mol. The molecular formula is C21H20FN5O2S. The minimum Gasteiger partial charge on any atom is -0.411 e. The lowest BCUT2D eigenvalue weighted by Crippen LogP contribution is -2.33. The Balaban J connectivity index is 1.39. The Morgan fingerprint density at radius 3 is 2.67 bits per heavy atom. The van der Waals surface area contributed by atoms with E-state index in [1.165, 1.54) is 12.1 Å². The Bertz CT molecular complexity index is 1120. The fourth-order valence-corrected chi connectivity index (χ4v) is 3.56. The van der Waals surface area contributed by atoms with Crippen LogP contribution in [-0.4, -0.2) is 31.8 Å². The second-order valence-electron chi connectivity index (χ2n) is 7.10. The summed E-state index contributed by atoms with van der Waals surface area (Å²) in [5, 5.41) is 11.2. The molecule has 2 N–H and O–H groups in total. The number of amides is 1. The van der Waals surface area contributed by atoms with Crippen molar-refractivity contribution in [2.75, 3.05) is 5.75 Å². The van der Waals surface area contributed by atoms with Gasteiger partial charge >= 0.3 is 0 Å². The van der Waals surface area contributed by atoms with Crippen molar-refractivity contribution in [2.24, 2.45) is 5.92 Å². The molecule has 0 saturated carbocycles. The number of carbonyl (C=O) groups excluding carboxylic acids is 1. The number of H-pyrrole nitrogens is 1. The zero-order chi connectivity index (χ0) is 21.1. The normalized spacial score (nSPS) is 12.4. The van der Waals surface area contributed by atoms with Crippen LogP contribution in [0.2, 0.25) is 0 Å². The van der Waals surface area contributed by atoms with Crippen molar-refractivity contribution >= 4 is 28.7 Å². The van der Waals surface area contributed by atoms with Crippen LogP contribution in [0.3, 0.4) is 0 Å². The largest absolute Gasteiger partial charge is 0.411 e. The molecule has 154 valence electrons. The predicted octanol–water partition coefficient (Wildman–Crippen LogP) is 4.36. The third-order valence-corrected chi connectivity index (χ3v) is 5.33. The number of fused-ring (bicyclic) bond motifs is 1. The molecule has 2 aromatic heterocycles. The van der Waals surface area contributed by atoms with Crippen LogP contribution >= 0.6 is 11.8 Å². The summed E-state index contributed by atoms with van der Waals surface area (Å²) in [6.07, 6.45) is 0. The zero-order valence-electron chi connectivity index (χ0n) is 16.4. The van der Waals surface area contributed by atoms with E-state index >= 15 is 0 Å². The molecule has 4 aromatic rings. The lowest BCUT2D eigenvalue weighted by atomic mass is 10.0. The van der Waals surface area contributed by atoms with Gasteiger partial charge in [-0.15, -0.1) is 10.2 Å². The number of halogens is 1. The van der Waals surface area contributed by atoms with Crippen LogP contribution in [0.1, 0.15) is 25.7 Å². The van der Waals surface area contributed by atoms with Crippen LogP contribution in [0.4, 0.5) is 4.39 Å². The zero-order valence-corrected chi connectivity index (χ0v) is 17.2. The number of nitrogens with one attached hydrogen (secondary N) is 2. The highest BCUT2D eigenvalue weighted by Crippen LogP contribution is 2.25. The number of rotatable bonds is 7. The van der Waals surface area contributed by atoms with E-state index < -0.39 is 0 Å². The van der Waals surface area contributed by atoms with Crippen LogP contribution in [0, 0.1) is 11.7 Å². The molecule has 0 saturated heterocycles. The van der Waals surface area contributed by atoms with E-state index in [2.05, 4.69) is 25.5 Å². The van der Waals surface area contributed by atoms with Crippen LogP contribution in [-0.2, 0) is 4.79 Å². The summed E-state index contributed by atoms with van der Waals surface area (Å²) in [7, 11) is 0. The van der Waals surface area contributed by atoms with Crippen molar-refractivity contribution in [1.82, 2.24) is 25.5 Å². The molecule has 1 unspecified atom stereocenters. The van der Waals surface area contributed by atoms with E-state index in [0.29, 0.717) is 5.56 Å². The summed E-state index contributed by atoms with van der Waals surface area (Å²) in [4.78, 5) is 20.4. The fraction of sp³-hybridized carbons (Fsp3) is 0.238. The van der Waals surface area contributed by atoms with Gasteiger partial charge in [0.05, 0.1) is 22.8 Å². The van der Waals surface area contributed by atoms with Crippen LogP contribution < -0.4 is 5.32 Å². The summed E-state index contributed by atoms with van der Waals surface area (Å²) in [6.45, 7) is 4.05. The Kier molecular flexibility index (Phi) is 5.80. The molecule has 0 spiro atoms. The third-order valence-electron chi connectivity index (χ3n) is 4.51. The maximum atomic E-state index is 13.0. The minimum absolute atomic E-state index is 0.120. The number of para-hydroxylation sites is 2. The van der Waals surface area contributed by atoms with Crippen LogP contribution in [0.25, 0.3) is 22.5 Å². The molecule has 9 heteroatoms. The minimum atomic E-state index is -0.339. The lowest BCUT2D eigenvalue weighted by Gasteiger charge is -2.20. The quantitative estimate of drug-likeness (QED) is 0.427. The van der Waals surface area contributed by atoms with Gasteiger partial charge in [0.15, 0.2) is 0 Å². The summed E-state index contributed by atoms with van der Waals surface area (Å²) < 4.78 is 18.6. The Morgan fingerprint density at radius 1 is 1.17 bits per heavy atom. The summed E-state index contributed by atoms with van der Waals surface area (Å²) in [5.74, 6) is 0.762. The molecule has 30 heavy (non-hydrogen) atoms. The lowest BCUT2D eigenvalue weighted by molar-refractivity contribution is -0.119. The van der Waals surface area contributed by atoms with Crippen molar-refractivity contribution in [3.63, 3.8) is 0 Å². The summed E-state index contributed by atoms with van der Waals surface area (Å²) >= 11 is 1.14. The van der Waals surface area contributed by atoms with E-state index in [9.17, 15) is 9.18 Å². The Morgan fingerprint density at radius 2 is 1.93 bits per heavy atom. The van der Waals surface area contributed by atoms with Gasteiger partial charge < -0.3 is 14.7 Å². The van der Waals surface area contributed by atoms with Crippen molar-refractivity contribution < 1.29 is 13.6 Å². The fourth-order valence-electron chi connectivity index (χ4n) is 2.99. The molecule has 4 rings (SSSR count). The van der Waals surface area contributed by atoms with E-state index in [4.69, 9.17) is 4.42 Å². The third kappa shape index (κ3) is 4.51. The van der Waals surface area contributed by atoms with E-state index in [-0.39, 0.29) is 40.6 Å². The van der Waals surface area contributed by atoms with E-state index in [1.54, 1.807) is 12.1 Å². The first-order chi connectivity index (χ1) is 14.5. The molecule has 0 radical (unpaired) electrons. The van der Waals surface area contributed by atoms with Crippen molar-refractivity contribution in [1.29, 1.82) is 0 Å². The molecule has 1 amide bonds. The number of carbonyl (C=O) groups is 1. The second kappa shape index (κ2) is 8.66. The average molecular weight is 425 g/mol. The summed E-state index contributed by atoms with van der Waals surface area (Å²) in [6, 6.07) is 13.3. The average Bonchev–Trinajstić information content (AvgIpc) is 3.37. The molecule has 2 aromatic carbocycles. The number of hydrogen-bond acceptors (Lipinski definition) is 6. The predicted molar refractivity (Wildman–Crippen MR) is 112 cm³/mol. The smallest absolute Gasteiger partial charge is 0.277 e. The van der Waals surface area contributed by atoms with E-state index in [0.717, 1.165) is 28.6 Å². The molecule has 7 nitrogen and oxygen atoms in total. The van der Waals surface area contributed by atoms with Gasteiger partial charge in [-0.05, 0) is 42.3 Å². The number of nitrogens with zero attached hydrogens (tertiary/aromatic N) is 3. The van der Waals surface area contributed by atoms with E-state index in [1.807, 2.05) is 38.1 Å². The molecule has 2 heterocycles. The van der Waals surface area contributed by atoms with Crippen molar-refractivity contribution in [2.45, 2.75) is 25.1 Å². The van der Waals surface area contributed by atoms with Crippen LogP contribution in [0.5, 0.6) is 0 Å².